The van der Waals surface area contributed by atoms with Crippen LogP contribution in [-0.4, -0.2) is 52.7 Å². The molecule has 0 spiro atoms. The summed E-state index contributed by atoms with van der Waals surface area (Å²) in [6.45, 7) is 8.95. The van der Waals surface area contributed by atoms with Crippen LogP contribution in [0, 0.1) is 0 Å². The molecule has 0 radical (unpaired) electrons. The minimum atomic E-state index is -0.428. The third-order valence-electron chi connectivity index (χ3n) is 4.34. The first kappa shape index (κ1) is 15.3. The summed E-state index contributed by atoms with van der Waals surface area (Å²) in [5.41, 5.74) is 2.18. The number of hydrogen-bond acceptors (Lipinski definition) is 4. The highest BCUT2D eigenvalue weighted by atomic mass is 16.6. The van der Waals surface area contributed by atoms with Crippen LogP contribution in [0.5, 0.6) is 0 Å². The topological polar surface area (TPSA) is 45.7 Å². The molecule has 0 bridgehead atoms. The van der Waals surface area contributed by atoms with Crippen LogP contribution in [0.1, 0.15) is 44.5 Å². The molecule has 5 heteroatoms. The Balaban J connectivity index is 1.58. The molecule has 1 fully saturated rings. The van der Waals surface area contributed by atoms with Crippen molar-refractivity contribution >= 4 is 6.09 Å². The first-order valence-corrected chi connectivity index (χ1v) is 8.10. The zero-order valence-corrected chi connectivity index (χ0v) is 13.7. The molecule has 120 valence electrons. The number of fused-ring (bicyclic) bond motifs is 1. The number of nitrogens with zero attached hydrogens (tertiary/aromatic N) is 3. The molecule has 22 heavy (non-hydrogen) atoms. The van der Waals surface area contributed by atoms with Gasteiger partial charge in [0.1, 0.15) is 5.60 Å². The van der Waals surface area contributed by atoms with Crippen molar-refractivity contribution in [1.82, 2.24) is 14.8 Å². The Kier molecular flexibility index (Phi) is 4.08. The van der Waals surface area contributed by atoms with E-state index in [-0.39, 0.29) is 6.09 Å². The number of ether oxygens (including phenoxy) is 1. The first-order valence-electron chi connectivity index (χ1n) is 8.10. The summed E-state index contributed by atoms with van der Waals surface area (Å²) in [5, 5.41) is 0. The summed E-state index contributed by atoms with van der Waals surface area (Å²) < 4.78 is 5.45. The summed E-state index contributed by atoms with van der Waals surface area (Å²) >= 11 is 0. The average molecular weight is 303 g/mol. The lowest BCUT2D eigenvalue weighted by Crippen LogP contribution is -2.50. The van der Waals surface area contributed by atoms with E-state index in [9.17, 15) is 4.79 Å². The number of carbonyl (C=O) groups excluding carboxylic acids is 1. The largest absolute Gasteiger partial charge is 0.444 e. The fourth-order valence-corrected chi connectivity index (χ4v) is 3.29. The number of amides is 1. The Morgan fingerprint density at radius 3 is 2.68 bits per heavy atom. The molecule has 0 N–H and O–H groups in total. The standard InChI is InChI=1S/C17H25N3O2/c1-17(2,3)22-16(21)20-11-9-19(10-12-20)14-7-6-13-5-4-8-18-15(13)14/h4-5,8,14H,6-7,9-12H2,1-3H3/t14-/m1/s1. The van der Waals surface area contributed by atoms with Gasteiger partial charge in [-0.05, 0) is 45.2 Å². The Labute approximate surface area is 132 Å². The van der Waals surface area contributed by atoms with Crippen molar-refractivity contribution in [2.45, 2.75) is 45.3 Å². The third kappa shape index (κ3) is 3.24. The molecule has 3 rings (SSSR count). The quantitative estimate of drug-likeness (QED) is 0.800. The zero-order chi connectivity index (χ0) is 15.7. The number of aryl methyl sites for hydroxylation is 1. The smallest absolute Gasteiger partial charge is 0.410 e. The van der Waals surface area contributed by atoms with Crippen LogP contribution in [0.4, 0.5) is 4.79 Å². The summed E-state index contributed by atoms with van der Waals surface area (Å²) in [6.07, 6.45) is 3.93. The maximum Gasteiger partial charge on any atom is 0.410 e. The van der Waals surface area contributed by atoms with Crippen molar-refractivity contribution in [3.63, 3.8) is 0 Å². The SMILES string of the molecule is CC(C)(C)OC(=O)N1CCN([C@@H]2CCc3cccnc32)CC1. The van der Waals surface area contributed by atoms with E-state index in [0.717, 1.165) is 39.0 Å². The van der Waals surface area contributed by atoms with Gasteiger partial charge in [0, 0.05) is 32.4 Å². The highest BCUT2D eigenvalue weighted by Gasteiger charge is 2.33. The van der Waals surface area contributed by atoms with Crippen molar-refractivity contribution in [3.8, 4) is 0 Å². The van der Waals surface area contributed by atoms with Crippen LogP contribution >= 0.6 is 0 Å². The molecule has 2 heterocycles. The zero-order valence-electron chi connectivity index (χ0n) is 13.7. The Bertz CT molecular complexity index is 545. The minimum absolute atomic E-state index is 0.197. The highest BCUT2D eigenvalue weighted by molar-refractivity contribution is 5.68. The van der Waals surface area contributed by atoms with Crippen LogP contribution in [0.25, 0.3) is 0 Å². The Hall–Kier alpha value is -1.62. The van der Waals surface area contributed by atoms with Crippen LogP contribution < -0.4 is 0 Å². The predicted molar refractivity (Wildman–Crippen MR) is 84.7 cm³/mol. The number of aromatic nitrogens is 1. The van der Waals surface area contributed by atoms with E-state index in [1.807, 2.05) is 37.9 Å². The number of rotatable bonds is 1. The summed E-state index contributed by atoms with van der Waals surface area (Å²) in [4.78, 5) is 21.0. The van der Waals surface area contributed by atoms with E-state index >= 15 is 0 Å². The average Bonchev–Trinajstić information content (AvgIpc) is 2.89. The molecule has 5 nitrogen and oxygen atoms in total. The van der Waals surface area contributed by atoms with Crippen molar-refractivity contribution in [2.24, 2.45) is 0 Å². The van der Waals surface area contributed by atoms with E-state index in [0.29, 0.717) is 6.04 Å². The van der Waals surface area contributed by atoms with Gasteiger partial charge in [-0.3, -0.25) is 9.88 Å². The lowest BCUT2D eigenvalue weighted by Gasteiger charge is -2.38. The lowest BCUT2D eigenvalue weighted by molar-refractivity contribution is 0.0101. The highest BCUT2D eigenvalue weighted by Crippen LogP contribution is 2.34. The van der Waals surface area contributed by atoms with Gasteiger partial charge in [0.25, 0.3) is 0 Å². The van der Waals surface area contributed by atoms with Gasteiger partial charge in [-0.2, -0.15) is 0 Å². The molecule has 1 aliphatic carbocycles. The van der Waals surface area contributed by atoms with Crippen molar-refractivity contribution in [1.29, 1.82) is 0 Å². The molecule has 1 aromatic rings. The molecular weight excluding hydrogens is 278 g/mol. The maximum atomic E-state index is 12.1. The van der Waals surface area contributed by atoms with Crippen LogP contribution in [0.15, 0.2) is 18.3 Å². The van der Waals surface area contributed by atoms with Gasteiger partial charge in [-0.25, -0.2) is 4.79 Å². The van der Waals surface area contributed by atoms with Crippen LogP contribution in [0.2, 0.25) is 0 Å². The van der Waals surface area contributed by atoms with Gasteiger partial charge in [0.2, 0.25) is 0 Å². The molecule has 0 unspecified atom stereocenters. The van der Waals surface area contributed by atoms with Gasteiger partial charge in [0.05, 0.1) is 11.7 Å². The number of carbonyl (C=O) groups is 1. The molecular formula is C17H25N3O2. The summed E-state index contributed by atoms with van der Waals surface area (Å²) in [6, 6.07) is 4.61. The Morgan fingerprint density at radius 2 is 2.00 bits per heavy atom. The van der Waals surface area contributed by atoms with E-state index < -0.39 is 5.60 Å². The second-order valence-electron chi connectivity index (χ2n) is 7.11. The normalized spacial score (nSPS) is 22.5. The summed E-state index contributed by atoms with van der Waals surface area (Å²) in [7, 11) is 0. The monoisotopic (exact) mass is 303 g/mol. The van der Waals surface area contributed by atoms with Crippen LogP contribution in [-0.2, 0) is 11.2 Å². The second-order valence-corrected chi connectivity index (χ2v) is 7.11. The summed E-state index contributed by atoms with van der Waals surface area (Å²) in [5.74, 6) is 0. The van der Waals surface area contributed by atoms with Crippen molar-refractivity contribution < 1.29 is 9.53 Å². The lowest BCUT2D eigenvalue weighted by atomic mass is 10.1. The van der Waals surface area contributed by atoms with Gasteiger partial charge < -0.3 is 9.64 Å². The third-order valence-corrected chi connectivity index (χ3v) is 4.34. The van der Waals surface area contributed by atoms with E-state index in [1.165, 1.54) is 11.3 Å². The van der Waals surface area contributed by atoms with Crippen molar-refractivity contribution in [2.75, 3.05) is 26.2 Å². The van der Waals surface area contributed by atoms with E-state index in [4.69, 9.17) is 4.74 Å². The van der Waals surface area contributed by atoms with Gasteiger partial charge >= 0.3 is 6.09 Å². The molecule has 2 aliphatic rings. The molecule has 0 saturated carbocycles. The van der Waals surface area contributed by atoms with Gasteiger partial charge in [-0.1, -0.05) is 6.07 Å². The molecule has 0 aromatic carbocycles. The molecule has 1 saturated heterocycles. The molecule has 1 aliphatic heterocycles. The Morgan fingerprint density at radius 1 is 1.27 bits per heavy atom. The predicted octanol–water partition coefficient (Wildman–Crippen LogP) is 2.62. The molecule has 1 amide bonds. The number of piperazine rings is 1. The minimum Gasteiger partial charge on any atom is -0.444 e. The van der Waals surface area contributed by atoms with Crippen LogP contribution in [0.3, 0.4) is 0 Å². The van der Waals surface area contributed by atoms with Crippen molar-refractivity contribution in [3.05, 3.63) is 29.6 Å². The van der Waals surface area contributed by atoms with E-state index in [2.05, 4.69) is 16.0 Å². The second kappa shape index (κ2) is 5.88. The first-order chi connectivity index (χ1) is 10.4. The maximum absolute atomic E-state index is 12.1. The van der Waals surface area contributed by atoms with Gasteiger partial charge in [0.15, 0.2) is 0 Å². The van der Waals surface area contributed by atoms with E-state index in [1.54, 1.807) is 0 Å². The van der Waals surface area contributed by atoms with Gasteiger partial charge in [-0.15, -0.1) is 0 Å². The fraction of sp³-hybridized carbons (Fsp3) is 0.647. The molecule has 1 atom stereocenters. The fourth-order valence-electron chi connectivity index (χ4n) is 3.29. The molecule has 1 aromatic heterocycles. The number of hydrogen-bond donors (Lipinski definition) is 0. The number of pyridine rings is 1.